The number of nitrogens with one attached hydrogen (secondary N) is 1. The van der Waals surface area contributed by atoms with E-state index in [1.54, 1.807) is 0 Å². The lowest BCUT2D eigenvalue weighted by molar-refractivity contribution is 0.148. The average molecular weight is 362 g/mol. The fourth-order valence-corrected chi connectivity index (χ4v) is 4.14. The molecule has 1 aromatic carbocycles. The lowest BCUT2D eigenvalue weighted by atomic mass is 9.98. The highest BCUT2D eigenvalue weighted by molar-refractivity contribution is 5.88. The van der Waals surface area contributed by atoms with Gasteiger partial charge in [0.15, 0.2) is 0 Å². The average Bonchev–Trinajstić information content (AvgIpc) is 3.02. The van der Waals surface area contributed by atoms with Crippen LogP contribution in [-0.4, -0.2) is 48.0 Å². The maximum atomic E-state index is 3.54. The zero-order chi connectivity index (χ0) is 18.8. The molecule has 1 aromatic heterocycles. The summed E-state index contributed by atoms with van der Waals surface area (Å²) in [7, 11) is 2.21. The minimum absolute atomic E-state index is 1.06. The Bertz CT molecular complexity index is 939. The first kappa shape index (κ1) is 18.3. The number of H-pyrrole nitrogens is 1. The van der Waals surface area contributed by atoms with Gasteiger partial charge in [-0.3, -0.25) is 4.90 Å². The molecule has 0 radical (unpaired) electrons. The van der Waals surface area contributed by atoms with Gasteiger partial charge in [0.05, 0.1) is 0 Å². The van der Waals surface area contributed by atoms with Crippen LogP contribution in [0.4, 0.5) is 0 Å². The van der Waals surface area contributed by atoms with Crippen LogP contribution in [0.2, 0.25) is 0 Å². The third kappa shape index (κ3) is 4.26. The van der Waals surface area contributed by atoms with Crippen molar-refractivity contribution >= 4 is 17.2 Å². The summed E-state index contributed by atoms with van der Waals surface area (Å²) in [6.45, 7) is 10.1. The van der Waals surface area contributed by atoms with Gasteiger partial charge in [0.1, 0.15) is 0 Å². The van der Waals surface area contributed by atoms with Gasteiger partial charge in [0, 0.05) is 49.0 Å². The number of aromatic amines is 1. The molecule has 2 aromatic rings. The van der Waals surface area contributed by atoms with E-state index in [-0.39, 0.29) is 0 Å². The minimum atomic E-state index is 1.06. The van der Waals surface area contributed by atoms with E-state index in [4.69, 9.17) is 0 Å². The summed E-state index contributed by atoms with van der Waals surface area (Å²) in [5, 5.41) is 2.63. The van der Waals surface area contributed by atoms with Gasteiger partial charge in [-0.25, -0.2) is 0 Å². The number of likely N-dealkylation sites (N-methyl/N-ethyl adjacent to an activating group) is 1. The van der Waals surface area contributed by atoms with Gasteiger partial charge in [-0.05, 0) is 68.2 Å². The van der Waals surface area contributed by atoms with Crippen molar-refractivity contribution in [3.63, 3.8) is 0 Å². The molecule has 1 aliphatic heterocycles. The molecule has 142 valence electrons. The summed E-state index contributed by atoms with van der Waals surface area (Å²) in [6.07, 6.45) is 6.95. The van der Waals surface area contributed by atoms with Crippen molar-refractivity contribution < 1.29 is 0 Å². The summed E-state index contributed by atoms with van der Waals surface area (Å²) in [6, 6.07) is 11.5. The van der Waals surface area contributed by atoms with E-state index in [9.17, 15) is 0 Å². The highest BCUT2D eigenvalue weighted by atomic mass is 15.2. The molecule has 0 amide bonds. The second-order valence-electron chi connectivity index (χ2n) is 8.18. The van der Waals surface area contributed by atoms with Crippen LogP contribution in [0.15, 0.2) is 36.4 Å². The monoisotopic (exact) mass is 361 g/mol. The molecule has 0 spiro atoms. The third-order valence-electron chi connectivity index (χ3n) is 5.89. The summed E-state index contributed by atoms with van der Waals surface area (Å²) < 4.78 is 0. The molecule has 0 bridgehead atoms. The van der Waals surface area contributed by atoms with Gasteiger partial charge >= 0.3 is 0 Å². The number of hydrogen-bond donors (Lipinski definition) is 1. The number of piperazine rings is 1. The number of benzene rings is 1. The molecule has 1 saturated heterocycles. The normalized spacial score (nSPS) is 19.1. The largest absolute Gasteiger partial charge is 0.359 e. The minimum Gasteiger partial charge on any atom is -0.359 e. The Labute approximate surface area is 162 Å². The molecule has 2 heterocycles. The first-order valence-corrected chi connectivity index (χ1v) is 10.2. The Morgan fingerprint density at radius 3 is 2.48 bits per heavy atom. The molecule has 27 heavy (non-hydrogen) atoms. The predicted molar refractivity (Wildman–Crippen MR) is 115 cm³/mol. The van der Waals surface area contributed by atoms with Gasteiger partial charge in [-0.2, -0.15) is 0 Å². The third-order valence-corrected chi connectivity index (χ3v) is 5.89. The maximum absolute atomic E-state index is 3.54. The summed E-state index contributed by atoms with van der Waals surface area (Å²) in [4.78, 5) is 8.51. The van der Waals surface area contributed by atoms with Gasteiger partial charge in [0.2, 0.25) is 0 Å². The highest BCUT2D eigenvalue weighted by Crippen LogP contribution is 2.21. The number of fused-ring (bicyclic) bond motifs is 1. The summed E-state index contributed by atoms with van der Waals surface area (Å²) >= 11 is 0. The first-order valence-electron chi connectivity index (χ1n) is 10.2. The lowest BCUT2D eigenvalue weighted by Crippen LogP contribution is -2.43. The second kappa shape index (κ2) is 7.87. The molecule has 1 aliphatic carbocycles. The lowest BCUT2D eigenvalue weighted by Gasteiger charge is -2.32. The fraction of sp³-hybridized carbons (Fsp3) is 0.417. The van der Waals surface area contributed by atoms with E-state index in [1.807, 2.05) is 0 Å². The van der Waals surface area contributed by atoms with Crippen LogP contribution < -0.4 is 10.6 Å². The smallest absolute Gasteiger partial charge is 0.0445 e. The molecule has 4 rings (SSSR count). The zero-order valence-corrected chi connectivity index (χ0v) is 16.9. The summed E-state index contributed by atoms with van der Waals surface area (Å²) in [5.74, 6) is 0. The molecule has 1 fully saturated rings. The van der Waals surface area contributed by atoms with E-state index in [1.165, 1.54) is 64.7 Å². The van der Waals surface area contributed by atoms with Crippen molar-refractivity contribution in [2.45, 2.75) is 33.2 Å². The SMILES string of the molecule is CC1=c2[nH]c(C)cc2=CC(c2ccc(CN3CCN(C)CC3)cc2)=CCC1. The van der Waals surface area contributed by atoms with Crippen molar-refractivity contribution in [2.75, 3.05) is 33.2 Å². The van der Waals surface area contributed by atoms with Crippen LogP contribution in [0.3, 0.4) is 0 Å². The summed E-state index contributed by atoms with van der Waals surface area (Å²) in [5.41, 5.74) is 6.76. The zero-order valence-electron chi connectivity index (χ0n) is 16.9. The molecule has 3 heteroatoms. The Kier molecular flexibility index (Phi) is 5.33. The topological polar surface area (TPSA) is 22.3 Å². The molecular formula is C24H31N3. The second-order valence-corrected chi connectivity index (χ2v) is 8.18. The highest BCUT2D eigenvalue weighted by Gasteiger charge is 2.14. The van der Waals surface area contributed by atoms with Crippen LogP contribution in [0.25, 0.3) is 17.2 Å². The van der Waals surface area contributed by atoms with E-state index < -0.39 is 0 Å². The fourth-order valence-electron chi connectivity index (χ4n) is 4.14. The van der Waals surface area contributed by atoms with Crippen LogP contribution in [0.5, 0.6) is 0 Å². The van der Waals surface area contributed by atoms with Crippen molar-refractivity contribution in [2.24, 2.45) is 0 Å². The van der Waals surface area contributed by atoms with E-state index in [2.05, 4.69) is 78.2 Å². The van der Waals surface area contributed by atoms with Crippen molar-refractivity contribution in [3.8, 4) is 0 Å². The number of rotatable bonds is 3. The number of allylic oxidation sites excluding steroid dienone is 2. The number of aromatic nitrogens is 1. The molecule has 2 aliphatic rings. The Hall–Kier alpha value is -2.10. The Morgan fingerprint density at radius 2 is 1.74 bits per heavy atom. The number of aryl methyl sites for hydroxylation is 1. The predicted octanol–water partition coefficient (Wildman–Crippen LogP) is 2.90. The van der Waals surface area contributed by atoms with Crippen LogP contribution in [0.1, 0.15) is 36.6 Å². The van der Waals surface area contributed by atoms with Gasteiger partial charge in [0.25, 0.3) is 0 Å². The molecule has 0 unspecified atom stereocenters. The maximum Gasteiger partial charge on any atom is 0.0445 e. The van der Waals surface area contributed by atoms with Gasteiger partial charge in [-0.15, -0.1) is 0 Å². The Balaban J connectivity index is 1.56. The van der Waals surface area contributed by atoms with E-state index in [0.29, 0.717) is 0 Å². The molecule has 0 atom stereocenters. The van der Waals surface area contributed by atoms with Crippen molar-refractivity contribution in [3.05, 3.63) is 63.8 Å². The molecule has 0 saturated carbocycles. The van der Waals surface area contributed by atoms with E-state index >= 15 is 0 Å². The van der Waals surface area contributed by atoms with Crippen molar-refractivity contribution in [1.82, 2.24) is 14.8 Å². The van der Waals surface area contributed by atoms with Crippen LogP contribution in [0, 0.1) is 6.92 Å². The first-order chi connectivity index (χ1) is 13.1. The molecule has 1 N–H and O–H groups in total. The van der Waals surface area contributed by atoms with Crippen molar-refractivity contribution in [1.29, 1.82) is 0 Å². The Morgan fingerprint density at radius 1 is 1.00 bits per heavy atom. The van der Waals surface area contributed by atoms with Crippen LogP contribution >= 0.6 is 0 Å². The number of nitrogens with zero attached hydrogens (tertiary/aromatic N) is 2. The quantitative estimate of drug-likeness (QED) is 0.908. The van der Waals surface area contributed by atoms with E-state index in [0.717, 1.165) is 19.4 Å². The molecular weight excluding hydrogens is 330 g/mol. The van der Waals surface area contributed by atoms with Gasteiger partial charge in [-0.1, -0.05) is 30.3 Å². The molecule has 3 nitrogen and oxygen atoms in total. The van der Waals surface area contributed by atoms with Gasteiger partial charge < -0.3 is 9.88 Å². The number of hydrogen-bond acceptors (Lipinski definition) is 2. The standard InChI is InChI=1S/C24H31N3/c1-18-5-4-6-22(16-23-15-19(2)25-24(18)23)21-9-7-20(8-10-21)17-27-13-11-26(3)12-14-27/h6-10,15-16,25H,4-5,11-14,17H2,1-3H3. The van der Waals surface area contributed by atoms with Crippen LogP contribution in [-0.2, 0) is 6.54 Å².